The van der Waals surface area contributed by atoms with Crippen LogP contribution in [0, 0.1) is 0 Å². The van der Waals surface area contributed by atoms with Crippen LogP contribution < -0.4 is 9.47 Å². The topological polar surface area (TPSA) is 62.7 Å². The Balaban J connectivity index is 2.86. The molecule has 138 valence electrons. The van der Waals surface area contributed by atoms with E-state index in [9.17, 15) is 0 Å². The van der Waals surface area contributed by atoms with Crippen molar-refractivity contribution in [1.82, 2.24) is 9.97 Å². The minimum Gasteiger partial charge on any atom is -0.478 e. The van der Waals surface area contributed by atoms with Gasteiger partial charge in [-0.05, 0) is 45.9 Å². The van der Waals surface area contributed by atoms with Gasteiger partial charge in [-0.15, -0.1) is 0 Å². The van der Waals surface area contributed by atoms with E-state index < -0.39 is 5.69 Å². The van der Waals surface area contributed by atoms with E-state index in [0.29, 0.717) is 24.8 Å². The Bertz CT molecular complexity index is 546. The van der Waals surface area contributed by atoms with Crippen LogP contribution in [0.3, 0.4) is 0 Å². The summed E-state index contributed by atoms with van der Waals surface area (Å²) < 4.78 is 22.7. The molecule has 0 fully saturated rings. The predicted octanol–water partition coefficient (Wildman–Crippen LogP) is 4.58. The van der Waals surface area contributed by atoms with Crippen LogP contribution in [0.1, 0.15) is 46.7 Å². The largest absolute Gasteiger partial charge is 0.478 e. The first-order valence-corrected chi connectivity index (χ1v) is 12.4. The van der Waals surface area contributed by atoms with E-state index in [1.165, 1.54) is 0 Å². The first-order chi connectivity index (χ1) is 11.4. The zero-order valence-electron chi connectivity index (χ0n) is 15.0. The maximum atomic E-state index is 5.92. The Morgan fingerprint density at radius 3 is 2.50 bits per heavy atom. The van der Waals surface area contributed by atoms with Crippen LogP contribution in [0.25, 0.3) is 0 Å². The number of ether oxygens (including phenoxy) is 2. The first kappa shape index (κ1) is 21.6. The van der Waals surface area contributed by atoms with Crippen LogP contribution in [0.15, 0.2) is 6.07 Å². The number of rotatable bonds is 12. The molecule has 0 aliphatic carbocycles. The fourth-order valence-corrected chi connectivity index (χ4v) is 6.15. The van der Waals surface area contributed by atoms with Crippen molar-refractivity contribution in [3.8, 4) is 11.9 Å². The number of hydrogen-bond acceptors (Lipinski definition) is 8. The monoisotopic (exact) mass is 394 g/mol. The Morgan fingerprint density at radius 2 is 1.92 bits per heavy atom. The molecule has 0 saturated carbocycles. The molecule has 1 atom stereocenters. The van der Waals surface area contributed by atoms with Crippen molar-refractivity contribution in [1.29, 1.82) is 0 Å². The third-order valence-electron chi connectivity index (χ3n) is 2.48. The van der Waals surface area contributed by atoms with Gasteiger partial charge in [-0.1, -0.05) is 18.3 Å². The Morgan fingerprint density at radius 1 is 1.17 bits per heavy atom. The quantitative estimate of drug-likeness (QED) is 0.477. The SMILES string of the molecule is CCCS[P@@](=S)(OCC)OCc1cc(OCC)nc(OC(C)C)n1. The van der Waals surface area contributed by atoms with Crippen molar-refractivity contribution in [2.24, 2.45) is 0 Å². The van der Waals surface area contributed by atoms with Gasteiger partial charge in [-0.2, -0.15) is 9.97 Å². The van der Waals surface area contributed by atoms with Gasteiger partial charge in [-0.3, -0.25) is 0 Å². The van der Waals surface area contributed by atoms with Crippen LogP contribution in [-0.2, 0) is 27.5 Å². The standard InChI is InChI=1S/C15H27N2O4PS2/c1-6-9-24-22(23,19-8-3)20-11-13-10-14(18-7-2)17-15(16-13)21-12(4)5/h10,12H,6-9,11H2,1-5H3/t22-/m0/s1. The zero-order valence-corrected chi connectivity index (χ0v) is 17.5. The van der Waals surface area contributed by atoms with Crippen LogP contribution >= 0.6 is 17.1 Å². The Kier molecular flexibility index (Phi) is 10.2. The predicted molar refractivity (Wildman–Crippen MR) is 102 cm³/mol. The highest BCUT2D eigenvalue weighted by Crippen LogP contribution is 2.61. The van der Waals surface area contributed by atoms with E-state index in [-0.39, 0.29) is 18.7 Å². The van der Waals surface area contributed by atoms with Gasteiger partial charge in [0.05, 0.1) is 31.6 Å². The molecular weight excluding hydrogens is 367 g/mol. The molecule has 1 heterocycles. The summed E-state index contributed by atoms with van der Waals surface area (Å²) in [6.45, 7) is 11.1. The second-order valence-corrected chi connectivity index (χ2v) is 11.5. The normalized spacial score (nSPS) is 13.8. The molecule has 0 aliphatic heterocycles. The smallest absolute Gasteiger partial charge is 0.320 e. The molecule has 0 N–H and O–H groups in total. The van der Waals surface area contributed by atoms with E-state index in [4.69, 9.17) is 30.3 Å². The third-order valence-corrected chi connectivity index (χ3v) is 8.12. The molecule has 1 aromatic rings. The van der Waals surface area contributed by atoms with E-state index in [2.05, 4.69) is 16.9 Å². The minimum atomic E-state index is -2.37. The summed E-state index contributed by atoms with van der Waals surface area (Å²) in [6.07, 6.45) is 0.998. The van der Waals surface area contributed by atoms with Gasteiger partial charge < -0.3 is 18.5 Å². The summed E-state index contributed by atoms with van der Waals surface area (Å²) in [5.41, 5.74) is -1.70. The summed E-state index contributed by atoms with van der Waals surface area (Å²) in [6, 6.07) is 2.02. The number of aromatic nitrogens is 2. The molecule has 0 bridgehead atoms. The van der Waals surface area contributed by atoms with Crippen LogP contribution in [-0.4, -0.2) is 35.0 Å². The molecule has 0 aliphatic rings. The molecule has 0 aromatic carbocycles. The first-order valence-electron chi connectivity index (χ1n) is 8.13. The van der Waals surface area contributed by atoms with Crippen molar-refractivity contribution in [2.75, 3.05) is 19.0 Å². The fraction of sp³-hybridized carbons (Fsp3) is 0.733. The molecule has 6 nitrogen and oxygen atoms in total. The average Bonchev–Trinajstić information content (AvgIpc) is 2.51. The number of nitrogens with zero attached hydrogens (tertiary/aromatic N) is 2. The highest BCUT2D eigenvalue weighted by atomic mass is 32.9. The molecule has 9 heteroatoms. The lowest BCUT2D eigenvalue weighted by Gasteiger charge is -2.20. The van der Waals surface area contributed by atoms with Crippen LogP contribution in [0.2, 0.25) is 0 Å². The minimum absolute atomic E-state index is 0.0234. The molecule has 0 saturated heterocycles. The summed E-state index contributed by atoms with van der Waals surface area (Å²) in [5, 5.41) is 0. The van der Waals surface area contributed by atoms with Crippen molar-refractivity contribution in [3.63, 3.8) is 0 Å². The Hall–Kier alpha value is -0.400. The van der Waals surface area contributed by atoms with Gasteiger partial charge in [0, 0.05) is 11.8 Å². The lowest BCUT2D eigenvalue weighted by Crippen LogP contribution is -2.10. The van der Waals surface area contributed by atoms with Gasteiger partial charge in [0.1, 0.15) is 0 Å². The molecule has 24 heavy (non-hydrogen) atoms. The molecule has 0 spiro atoms. The van der Waals surface area contributed by atoms with E-state index in [1.54, 1.807) is 17.4 Å². The van der Waals surface area contributed by atoms with E-state index in [1.807, 2.05) is 27.7 Å². The van der Waals surface area contributed by atoms with Gasteiger partial charge in [-0.25, -0.2) is 0 Å². The second kappa shape index (κ2) is 11.3. The fourth-order valence-electron chi connectivity index (χ4n) is 1.63. The van der Waals surface area contributed by atoms with Gasteiger partial charge in [0.25, 0.3) is 0 Å². The molecular formula is C15H27N2O4PS2. The highest BCUT2D eigenvalue weighted by molar-refractivity contribution is 8.67. The maximum absolute atomic E-state index is 5.92. The summed E-state index contributed by atoms with van der Waals surface area (Å²) >= 11 is 7.15. The van der Waals surface area contributed by atoms with Crippen molar-refractivity contribution in [2.45, 2.75) is 53.8 Å². The number of hydrogen-bond donors (Lipinski definition) is 0. The Labute approximate surface area is 154 Å². The summed E-state index contributed by atoms with van der Waals surface area (Å²) in [4.78, 5) is 8.60. The summed E-state index contributed by atoms with van der Waals surface area (Å²) in [5.74, 6) is 1.38. The van der Waals surface area contributed by atoms with Crippen molar-refractivity contribution >= 4 is 28.9 Å². The molecule has 0 amide bonds. The third kappa shape index (κ3) is 8.12. The highest BCUT2D eigenvalue weighted by Gasteiger charge is 2.20. The van der Waals surface area contributed by atoms with Gasteiger partial charge in [0.15, 0.2) is 0 Å². The molecule has 0 unspecified atom stereocenters. The average molecular weight is 394 g/mol. The maximum Gasteiger partial charge on any atom is 0.320 e. The van der Waals surface area contributed by atoms with E-state index >= 15 is 0 Å². The van der Waals surface area contributed by atoms with Crippen LogP contribution in [0.4, 0.5) is 0 Å². The molecule has 1 aromatic heterocycles. The van der Waals surface area contributed by atoms with Crippen molar-refractivity contribution < 1.29 is 18.5 Å². The molecule has 1 rings (SSSR count). The lowest BCUT2D eigenvalue weighted by atomic mass is 10.4. The van der Waals surface area contributed by atoms with E-state index in [0.717, 1.165) is 12.2 Å². The van der Waals surface area contributed by atoms with Crippen molar-refractivity contribution in [3.05, 3.63) is 11.8 Å². The van der Waals surface area contributed by atoms with Crippen LogP contribution in [0.5, 0.6) is 11.9 Å². The lowest BCUT2D eigenvalue weighted by molar-refractivity contribution is 0.211. The van der Waals surface area contributed by atoms with Gasteiger partial charge >= 0.3 is 6.01 Å². The van der Waals surface area contributed by atoms with Gasteiger partial charge in [0.2, 0.25) is 11.6 Å². The zero-order chi connectivity index (χ0) is 18.0. The second-order valence-electron chi connectivity index (χ2n) is 5.05. The summed E-state index contributed by atoms with van der Waals surface area (Å²) in [7, 11) is 0. The molecule has 0 radical (unpaired) electrons.